The van der Waals surface area contributed by atoms with Gasteiger partial charge < -0.3 is 10.1 Å². The molecule has 0 spiro atoms. The molecule has 2 aromatic heterocycles. The topological polar surface area (TPSA) is 84.4 Å². The number of carbonyl (C=O) groups is 2. The molecule has 5 aromatic rings. The molecule has 0 radical (unpaired) electrons. The number of thiophene rings is 1. The molecule has 3 aromatic carbocycles. The van der Waals surface area contributed by atoms with E-state index in [2.05, 4.69) is 27.1 Å². The molecule has 1 atom stereocenters. The molecule has 3 heterocycles. The van der Waals surface area contributed by atoms with Crippen molar-refractivity contribution in [1.82, 2.24) is 14.9 Å². The number of halogens is 2. The van der Waals surface area contributed by atoms with Gasteiger partial charge in [-0.2, -0.15) is 0 Å². The van der Waals surface area contributed by atoms with Gasteiger partial charge in [0.05, 0.1) is 37.3 Å². The van der Waals surface area contributed by atoms with Crippen LogP contribution < -0.4 is 10.1 Å². The van der Waals surface area contributed by atoms with Crippen LogP contribution in [0.25, 0.3) is 10.2 Å². The molecule has 41 heavy (non-hydrogen) atoms. The van der Waals surface area contributed by atoms with Crippen LogP contribution in [0.4, 0.5) is 15.9 Å². The number of imide groups is 1. The van der Waals surface area contributed by atoms with Crippen molar-refractivity contribution >= 4 is 56.5 Å². The summed E-state index contributed by atoms with van der Waals surface area (Å²) in [5, 5.41) is 3.65. The van der Waals surface area contributed by atoms with E-state index in [0.717, 1.165) is 4.70 Å². The summed E-state index contributed by atoms with van der Waals surface area (Å²) in [4.78, 5) is 36.2. The van der Waals surface area contributed by atoms with Crippen molar-refractivity contribution in [1.29, 1.82) is 0 Å². The number of carbonyl (C=O) groups excluding carboxylic acids is 2. The van der Waals surface area contributed by atoms with E-state index >= 15 is 0 Å². The zero-order valence-electron chi connectivity index (χ0n) is 21.5. The quantitative estimate of drug-likeness (QED) is 0.174. The van der Waals surface area contributed by atoms with Gasteiger partial charge in [0.15, 0.2) is 5.82 Å². The predicted octanol–water partition coefficient (Wildman–Crippen LogP) is 6.84. The van der Waals surface area contributed by atoms with Crippen molar-refractivity contribution < 1.29 is 18.7 Å². The number of fused-ring (bicyclic) bond motifs is 2. The van der Waals surface area contributed by atoms with E-state index in [1.54, 1.807) is 61.5 Å². The maximum atomic E-state index is 13.4. The Morgan fingerprint density at radius 3 is 2.54 bits per heavy atom. The number of aromatic nitrogens is 2. The maximum Gasteiger partial charge on any atom is 0.262 e. The van der Waals surface area contributed by atoms with E-state index in [1.807, 2.05) is 6.07 Å². The van der Waals surface area contributed by atoms with Gasteiger partial charge in [0, 0.05) is 5.69 Å². The van der Waals surface area contributed by atoms with Gasteiger partial charge in [-0.15, -0.1) is 11.3 Å². The van der Waals surface area contributed by atoms with Crippen LogP contribution in [-0.2, 0) is 6.61 Å². The van der Waals surface area contributed by atoms with Gasteiger partial charge in [0.1, 0.15) is 24.5 Å². The molecule has 0 fully saturated rings. The third-order valence-electron chi connectivity index (χ3n) is 6.41. The summed E-state index contributed by atoms with van der Waals surface area (Å²) in [6, 6.07) is 19.4. The SMILES string of the molecule is C[C@H](C#Cc1cc2ncnc(Nc3ccc(OCc4cccc(F)c4)c(Cl)c3)c2s1)N1C(=O)c2ccccc2C1=O. The molecule has 0 saturated carbocycles. The number of ether oxygens (including phenoxy) is 1. The van der Waals surface area contributed by atoms with Crippen molar-refractivity contribution in [2.75, 3.05) is 5.32 Å². The van der Waals surface area contributed by atoms with Crippen LogP contribution >= 0.6 is 22.9 Å². The zero-order valence-corrected chi connectivity index (χ0v) is 23.1. The number of rotatable bonds is 6. The van der Waals surface area contributed by atoms with Gasteiger partial charge in [-0.3, -0.25) is 14.5 Å². The fraction of sp³-hybridized carbons (Fsp3) is 0.0968. The Morgan fingerprint density at radius 2 is 1.80 bits per heavy atom. The molecule has 2 amide bonds. The van der Waals surface area contributed by atoms with Crippen molar-refractivity contribution in [2.24, 2.45) is 0 Å². The summed E-state index contributed by atoms with van der Waals surface area (Å²) in [7, 11) is 0. The number of hydrogen-bond donors (Lipinski definition) is 1. The molecule has 1 N–H and O–H groups in total. The summed E-state index contributed by atoms with van der Waals surface area (Å²) in [5.41, 5.74) is 2.87. The van der Waals surface area contributed by atoms with Gasteiger partial charge >= 0.3 is 0 Å². The first-order valence-electron chi connectivity index (χ1n) is 12.5. The number of anilines is 2. The summed E-state index contributed by atoms with van der Waals surface area (Å²) < 4.78 is 20.0. The summed E-state index contributed by atoms with van der Waals surface area (Å²) in [6.07, 6.45) is 1.45. The number of amides is 2. The molecule has 1 aliphatic rings. The molecule has 10 heteroatoms. The largest absolute Gasteiger partial charge is 0.487 e. The first-order chi connectivity index (χ1) is 19.9. The molecule has 1 aliphatic heterocycles. The summed E-state index contributed by atoms with van der Waals surface area (Å²) >= 11 is 7.84. The first kappa shape index (κ1) is 26.4. The zero-order chi connectivity index (χ0) is 28.5. The monoisotopic (exact) mass is 582 g/mol. The Balaban J connectivity index is 1.17. The molecule has 0 aliphatic carbocycles. The van der Waals surface area contributed by atoms with Crippen molar-refractivity contribution in [3.05, 3.63) is 112 Å². The maximum absolute atomic E-state index is 13.4. The highest BCUT2D eigenvalue weighted by atomic mass is 35.5. The van der Waals surface area contributed by atoms with Crippen molar-refractivity contribution in [3.8, 4) is 17.6 Å². The van der Waals surface area contributed by atoms with Crippen LogP contribution in [0.3, 0.4) is 0 Å². The lowest BCUT2D eigenvalue weighted by Gasteiger charge is -2.17. The second kappa shape index (κ2) is 11.0. The Kier molecular flexibility index (Phi) is 7.10. The lowest BCUT2D eigenvalue weighted by Crippen LogP contribution is -2.37. The highest BCUT2D eigenvalue weighted by Gasteiger charge is 2.37. The van der Waals surface area contributed by atoms with Gasteiger partial charge in [-0.25, -0.2) is 14.4 Å². The molecular formula is C31H20ClFN4O3S. The van der Waals surface area contributed by atoms with Crippen molar-refractivity contribution in [3.63, 3.8) is 0 Å². The fourth-order valence-corrected chi connectivity index (χ4v) is 5.58. The van der Waals surface area contributed by atoms with Crippen molar-refractivity contribution in [2.45, 2.75) is 19.6 Å². The lowest BCUT2D eigenvalue weighted by molar-refractivity contribution is 0.0630. The van der Waals surface area contributed by atoms with E-state index in [0.29, 0.717) is 49.4 Å². The van der Waals surface area contributed by atoms with Gasteiger partial charge in [-0.05, 0) is 61.0 Å². The van der Waals surface area contributed by atoms with Crippen LogP contribution in [0.15, 0.2) is 79.1 Å². The molecule has 0 saturated heterocycles. The number of nitrogens with zero attached hydrogens (tertiary/aromatic N) is 3. The van der Waals surface area contributed by atoms with E-state index in [-0.39, 0.29) is 24.2 Å². The molecule has 0 unspecified atom stereocenters. The summed E-state index contributed by atoms with van der Waals surface area (Å²) in [5.74, 6) is 6.15. The van der Waals surface area contributed by atoms with Gasteiger partial charge in [-0.1, -0.05) is 47.7 Å². The second-order valence-corrected chi connectivity index (χ2v) is 10.7. The second-order valence-electron chi connectivity index (χ2n) is 9.21. The average molecular weight is 583 g/mol. The molecule has 6 rings (SSSR count). The summed E-state index contributed by atoms with van der Waals surface area (Å²) in [6.45, 7) is 1.91. The van der Waals surface area contributed by atoms with Gasteiger partial charge in [0.2, 0.25) is 0 Å². The normalized spacial score (nSPS) is 13.1. The van der Waals surface area contributed by atoms with E-state index < -0.39 is 6.04 Å². The minimum Gasteiger partial charge on any atom is -0.487 e. The van der Waals surface area contributed by atoms with Crippen LogP contribution in [-0.4, -0.2) is 32.7 Å². The smallest absolute Gasteiger partial charge is 0.262 e. The minimum absolute atomic E-state index is 0.182. The fourth-order valence-electron chi connectivity index (χ4n) is 4.42. The van der Waals surface area contributed by atoms with E-state index in [9.17, 15) is 14.0 Å². The molecular weight excluding hydrogens is 563 g/mol. The highest BCUT2D eigenvalue weighted by Crippen LogP contribution is 2.33. The Bertz CT molecular complexity index is 1860. The van der Waals surface area contributed by atoms with E-state index in [4.69, 9.17) is 16.3 Å². The van der Waals surface area contributed by atoms with Crippen LogP contribution in [0.5, 0.6) is 5.75 Å². The standard InChI is InChI=1S/C31H20ClFN4O3S/c1-18(37-30(38)23-7-2-3-8-24(23)31(37)39)9-11-22-15-26-28(41-22)29(35-17-34-26)36-21-10-12-27(25(32)14-21)40-16-19-5-4-6-20(33)13-19/h2-8,10,12-15,17-18H,16H2,1H3,(H,34,35,36)/t18-/m1/s1. The Morgan fingerprint density at radius 1 is 1.02 bits per heavy atom. The number of hydrogen-bond acceptors (Lipinski definition) is 7. The van der Waals surface area contributed by atoms with Gasteiger partial charge in [0.25, 0.3) is 11.8 Å². The minimum atomic E-state index is -0.611. The van der Waals surface area contributed by atoms with Crippen LogP contribution in [0.2, 0.25) is 5.02 Å². The highest BCUT2D eigenvalue weighted by molar-refractivity contribution is 7.20. The lowest BCUT2D eigenvalue weighted by atomic mass is 10.1. The third-order valence-corrected chi connectivity index (χ3v) is 7.75. The predicted molar refractivity (Wildman–Crippen MR) is 156 cm³/mol. The van der Waals surface area contributed by atoms with Crippen LogP contribution in [0.1, 0.15) is 38.1 Å². The Labute approximate surface area is 243 Å². The molecule has 202 valence electrons. The van der Waals surface area contributed by atoms with E-state index in [1.165, 1.54) is 34.7 Å². The third kappa shape index (κ3) is 5.35. The first-order valence-corrected chi connectivity index (χ1v) is 13.7. The molecule has 0 bridgehead atoms. The average Bonchev–Trinajstić information content (AvgIpc) is 3.50. The van der Waals surface area contributed by atoms with Crippen LogP contribution in [0, 0.1) is 17.7 Å². The molecule has 7 nitrogen and oxygen atoms in total. The number of nitrogens with one attached hydrogen (secondary N) is 1. The number of benzene rings is 3. The Hall–Kier alpha value is -4.78.